The molecule has 0 saturated heterocycles. The molecular weight excluding hydrogens is 272 g/mol. The smallest absolute Gasteiger partial charge is 0.325 e. The van der Waals surface area contributed by atoms with Crippen molar-refractivity contribution in [3.63, 3.8) is 0 Å². The quantitative estimate of drug-likeness (QED) is 0.740. The molecule has 2 rings (SSSR count). The highest BCUT2D eigenvalue weighted by molar-refractivity contribution is 5.89. The Morgan fingerprint density at radius 3 is 2.95 bits per heavy atom. The minimum Gasteiger partial charge on any atom is -0.480 e. The van der Waals surface area contributed by atoms with Gasteiger partial charge in [0.15, 0.2) is 0 Å². The third-order valence-electron chi connectivity index (χ3n) is 3.78. The fourth-order valence-corrected chi connectivity index (χ4v) is 2.64. The highest BCUT2D eigenvalue weighted by atomic mass is 16.4. The number of anilines is 1. The average molecular weight is 294 g/mol. The third-order valence-corrected chi connectivity index (χ3v) is 3.78. The van der Waals surface area contributed by atoms with E-state index in [0.717, 1.165) is 31.6 Å². The maximum atomic E-state index is 11.9. The molecule has 116 valence electrons. The van der Waals surface area contributed by atoms with Crippen LogP contribution in [0.1, 0.15) is 39.0 Å². The van der Waals surface area contributed by atoms with E-state index in [-0.39, 0.29) is 18.6 Å². The number of urea groups is 1. The van der Waals surface area contributed by atoms with Gasteiger partial charge in [-0.3, -0.25) is 9.48 Å². The molecule has 2 atom stereocenters. The standard InChI is InChI=1S/C14H22N4O3/c1-10-3-2-4-11(6-5-10)16-14(21)17-12-7-15-18(8-12)9-13(19)20/h7-8,10-11H,2-6,9H2,1H3,(H,19,20)(H2,16,17,21). The molecule has 1 aromatic heterocycles. The molecular formula is C14H22N4O3. The molecule has 0 spiro atoms. The van der Waals surface area contributed by atoms with Crippen LogP contribution in [-0.4, -0.2) is 32.9 Å². The van der Waals surface area contributed by atoms with Crippen molar-refractivity contribution < 1.29 is 14.7 Å². The molecule has 3 N–H and O–H groups in total. The van der Waals surface area contributed by atoms with E-state index in [1.807, 2.05) is 0 Å². The molecule has 1 fully saturated rings. The number of nitrogens with zero attached hydrogens (tertiary/aromatic N) is 2. The number of aromatic nitrogens is 2. The molecule has 1 aliphatic carbocycles. The molecule has 1 saturated carbocycles. The second-order valence-corrected chi connectivity index (χ2v) is 5.73. The lowest BCUT2D eigenvalue weighted by Crippen LogP contribution is -2.37. The summed E-state index contributed by atoms with van der Waals surface area (Å²) in [6.45, 7) is 2.03. The maximum absolute atomic E-state index is 11.9. The van der Waals surface area contributed by atoms with Crippen molar-refractivity contribution in [2.45, 2.75) is 51.6 Å². The predicted molar refractivity (Wildman–Crippen MR) is 78.1 cm³/mol. The van der Waals surface area contributed by atoms with Gasteiger partial charge in [0.1, 0.15) is 6.54 Å². The zero-order valence-electron chi connectivity index (χ0n) is 12.2. The predicted octanol–water partition coefficient (Wildman–Crippen LogP) is 2.06. The van der Waals surface area contributed by atoms with E-state index < -0.39 is 5.97 Å². The summed E-state index contributed by atoms with van der Waals surface area (Å²) in [6.07, 6.45) is 8.47. The Morgan fingerprint density at radius 1 is 1.38 bits per heavy atom. The summed E-state index contributed by atoms with van der Waals surface area (Å²) in [7, 11) is 0. The van der Waals surface area contributed by atoms with Crippen LogP contribution in [0, 0.1) is 5.92 Å². The molecule has 1 heterocycles. The Morgan fingerprint density at radius 2 is 2.19 bits per heavy atom. The second-order valence-electron chi connectivity index (χ2n) is 5.73. The summed E-state index contributed by atoms with van der Waals surface area (Å²) in [4.78, 5) is 22.5. The molecule has 0 aromatic carbocycles. The Balaban J connectivity index is 1.81. The van der Waals surface area contributed by atoms with Crippen LogP contribution in [0.3, 0.4) is 0 Å². The van der Waals surface area contributed by atoms with Gasteiger partial charge in [-0.05, 0) is 25.2 Å². The zero-order chi connectivity index (χ0) is 15.2. The van der Waals surface area contributed by atoms with Crippen LogP contribution in [0.5, 0.6) is 0 Å². The number of nitrogens with one attached hydrogen (secondary N) is 2. The Labute approximate surface area is 123 Å². The number of carboxylic acid groups (broad SMARTS) is 1. The van der Waals surface area contributed by atoms with Crippen LogP contribution in [-0.2, 0) is 11.3 Å². The van der Waals surface area contributed by atoms with E-state index in [1.54, 1.807) is 0 Å². The van der Waals surface area contributed by atoms with Crippen molar-refractivity contribution in [1.82, 2.24) is 15.1 Å². The third kappa shape index (κ3) is 5.09. The van der Waals surface area contributed by atoms with Crippen LogP contribution < -0.4 is 10.6 Å². The van der Waals surface area contributed by atoms with Gasteiger partial charge in [-0.25, -0.2) is 4.79 Å². The summed E-state index contributed by atoms with van der Waals surface area (Å²) in [6, 6.07) is -0.0477. The van der Waals surface area contributed by atoms with Crippen LogP contribution in [0.2, 0.25) is 0 Å². The van der Waals surface area contributed by atoms with Crippen LogP contribution in [0.25, 0.3) is 0 Å². The number of amides is 2. The number of carboxylic acids is 1. The first kappa shape index (κ1) is 15.3. The molecule has 7 heteroatoms. The first-order valence-electron chi connectivity index (χ1n) is 7.34. The van der Waals surface area contributed by atoms with Crippen LogP contribution in [0.4, 0.5) is 10.5 Å². The summed E-state index contributed by atoms with van der Waals surface area (Å²) >= 11 is 0. The normalized spacial score (nSPS) is 22.3. The highest BCUT2D eigenvalue weighted by Gasteiger charge is 2.18. The van der Waals surface area contributed by atoms with Gasteiger partial charge in [0, 0.05) is 12.2 Å². The van der Waals surface area contributed by atoms with E-state index in [9.17, 15) is 9.59 Å². The van der Waals surface area contributed by atoms with Crippen molar-refractivity contribution in [1.29, 1.82) is 0 Å². The largest absolute Gasteiger partial charge is 0.480 e. The Kier molecular flexibility index (Phi) is 5.19. The number of hydrogen-bond acceptors (Lipinski definition) is 3. The number of hydrogen-bond donors (Lipinski definition) is 3. The molecule has 2 unspecified atom stereocenters. The van der Waals surface area contributed by atoms with Crippen molar-refractivity contribution in [3.8, 4) is 0 Å². The van der Waals surface area contributed by atoms with Gasteiger partial charge >= 0.3 is 12.0 Å². The molecule has 0 bridgehead atoms. The first-order valence-corrected chi connectivity index (χ1v) is 7.34. The molecule has 1 aliphatic rings. The molecule has 2 amide bonds. The van der Waals surface area contributed by atoms with Gasteiger partial charge < -0.3 is 15.7 Å². The lowest BCUT2D eigenvalue weighted by molar-refractivity contribution is -0.137. The van der Waals surface area contributed by atoms with Gasteiger partial charge in [-0.1, -0.05) is 19.8 Å². The number of carbonyl (C=O) groups excluding carboxylic acids is 1. The van der Waals surface area contributed by atoms with Crippen molar-refractivity contribution >= 4 is 17.7 Å². The first-order chi connectivity index (χ1) is 10.0. The number of carbonyl (C=O) groups is 2. The molecule has 7 nitrogen and oxygen atoms in total. The van der Waals surface area contributed by atoms with E-state index >= 15 is 0 Å². The van der Waals surface area contributed by atoms with Crippen LogP contribution in [0.15, 0.2) is 12.4 Å². The fourth-order valence-electron chi connectivity index (χ4n) is 2.64. The zero-order valence-corrected chi connectivity index (χ0v) is 12.2. The minimum absolute atomic E-state index is 0.212. The van der Waals surface area contributed by atoms with Gasteiger partial charge in [-0.2, -0.15) is 5.10 Å². The van der Waals surface area contributed by atoms with Crippen molar-refractivity contribution in [2.75, 3.05) is 5.32 Å². The van der Waals surface area contributed by atoms with Gasteiger partial charge in [-0.15, -0.1) is 0 Å². The molecule has 21 heavy (non-hydrogen) atoms. The molecule has 0 radical (unpaired) electrons. The highest BCUT2D eigenvalue weighted by Crippen LogP contribution is 2.22. The Hall–Kier alpha value is -2.05. The summed E-state index contributed by atoms with van der Waals surface area (Å²) in [5.74, 6) is -0.240. The number of aliphatic carboxylic acids is 1. The summed E-state index contributed by atoms with van der Waals surface area (Å²) in [5.41, 5.74) is 0.496. The fraction of sp³-hybridized carbons (Fsp3) is 0.643. The van der Waals surface area contributed by atoms with E-state index in [0.29, 0.717) is 5.69 Å². The number of rotatable bonds is 4. The summed E-state index contributed by atoms with van der Waals surface area (Å²) < 4.78 is 1.27. The molecule has 0 aliphatic heterocycles. The minimum atomic E-state index is -0.971. The van der Waals surface area contributed by atoms with E-state index in [4.69, 9.17) is 5.11 Å². The van der Waals surface area contributed by atoms with Gasteiger partial charge in [0.25, 0.3) is 0 Å². The monoisotopic (exact) mass is 294 g/mol. The lowest BCUT2D eigenvalue weighted by Gasteiger charge is -2.16. The SMILES string of the molecule is CC1CCCC(NC(=O)Nc2cnn(CC(=O)O)c2)CC1. The van der Waals surface area contributed by atoms with E-state index in [2.05, 4.69) is 22.7 Å². The maximum Gasteiger partial charge on any atom is 0.325 e. The van der Waals surface area contributed by atoms with Crippen LogP contribution >= 0.6 is 0 Å². The van der Waals surface area contributed by atoms with Crippen molar-refractivity contribution in [3.05, 3.63) is 12.4 Å². The van der Waals surface area contributed by atoms with Crippen molar-refractivity contribution in [2.24, 2.45) is 5.92 Å². The Bertz CT molecular complexity index is 500. The van der Waals surface area contributed by atoms with E-state index in [1.165, 1.54) is 23.5 Å². The second kappa shape index (κ2) is 7.10. The average Bonchev–Trinajstić information content (AvgIpc) is 2.71. The van der Waals surface area contributed by atoms with Gasteiger partial charge in [0.2, 0.25) is 0 Å². The lowest BCUT2D eigenvalue weighted by atomic mass is 10.0. The summed E-state index contributed by atoms with van der Waals surface area (Å²) in [5, 5.41) is 18.2. The topological polar surface area (TPSA) is 96.3 Å². The molecule has 1 aromatic rings. The van der Waals surface area contributed by atoms with Gasteiger partial charge in [0.05, 0.1) is 11.9 Å².